The Morgan fingerprint density at radius 2 is 1.96 bits per heavy atom. The van der Waals surface area contributed by atoms with Crippen molar-refractivity contribution in [2.24, 2.45) is 5.73 Å². The van der Waals surface area contributed by atoms with E-state index in [0.29, 0.717) is 40.8 Å². The highest BCUT2D eigenvalue weighted by Gasteiger charge is 2.10. The van der Waals surface area contributed by atoms with E-state index in [1.165, 1.54) is 11.8 Å². The minimum Gasteiger partial charge on any atom is -0.497 e. The molecule has 10 heteroatoms. The molecule has 1 aromatic carbocycles. The van der Waals surface area contributed by atoms with Crippen molar-refractivity contribution in [3.8, 4) is 5.75 Å². The molecule has 140 valence electrons. The zero-order valence-electron chi connectivity index (χ0n) is 14.6. The van der Waals surface area contributed by atoms with Gasteiger partial charge in [-0.2, -0.15) is 9.61 Å². The third-order valence-corrected chi connectivity index (χ3v) is 4.59. The number of nitrogens with zero attached hydrogens (tertiary/aromatic N) is 4. The minimum absolute atomic E-state index is 0.147. The van der Waals surface area contributed by atoms with E-state index in [9.17, 15) is 9.59 Å². The average molecular weight is 386 g/mol. The van der Waals surface area contributed by atoms with Crippen LogP contribution in [0.5, 0.6) is 5.75 Å². The lowest BCUT2D eigenvalue weighted by Crippen LogP contribution is -2.26. The molecule has 3 rings (SSSR count). The first-order valence-electron chi connectivity index (χ1n) is 8.11. The Balaban J connectivity index is 1.61. The van der Waals surface area contributed by atoms with Crippen molar-refractivity contribution in [3.05, 3.63) is 47.8 Å². The van der Waals surface area contributed by atoms with Crippen LogP contribution in [0.2, 0.25) is 0 Å². The van der Waals surface area contributed by atoms with Crippen LogP contribution in [0.15, 0.2) is 41.4 Å². The van der Waals surface area contributed by atoms with Gasteiger partial charge in [0.2, 0.25) is 5.91 Å². The summed E-state index contributed by atoms with van der Waals surface area (Å²) in [6.07, 6.45) is 0.458. The van der Waals surface area contributed by atoms with E-state index < -0.39 is 5.91 Å². The first kappa shape index (κ1) is 18.6. The maximum absolute atomic E-state index is 12.2. The van der Waals surface area contributed by atoms with Crippen LogP contribution < -0.4 is 15.8 Å². The number of thioether (sulfide) groups is 1. The molecule has 2 aromatic heterocycles. The lowest BCUT2D eigenvalue weighted by Gasteiger charge is -2.06. The lowest BCUT2D eigenvalue weighted by atomic mass is 10.2. The van der Waals surface area contributed by atoms with Gasteiger partial charge in [0.1, 0.15) is 10.8 Å². The van der Waals surface area contributed by atoms with Gasteiger partial charge in [-0.15, -0.1) is 10.2 Å². The van der Waals surface area contributed by atoms with Crippen molar-refractivity contribution in [2.75, 3.05) is 19.4 Å². The Hall–Kier alpha value is -3.14. The molecule has 0 saturated heterocycles. The van der Waals surface area contributed by atoms with Crippen LogP contribution in [-0.2, 0) is 11.2 Å². The molecule has 3 N–H and O–H groups in total. The summed E-state index contributed by atoms with van der Waals surface area (Å²) in [5.41, 5.74) is 6.29. The fourth-order valence-corrected chi connectivity index (χ4v) is 2.92. The van der Waals surface area contributed by atoms with Gasteiger partial charge in [-0.3, -0.25) is 9.59 Å². The molecule has 0 spiro atoms. The predicted octanol–water partition coefficient (Wildman–Crippen LogP) is 0.683. The Bertz CT molecular complexity index is 957. The number of hydrogen-bond donors (Lipinski definition) is 2. The Morgan fingerprint density at radius 3 is 2.67 bits per heavy atom. The van der Waals surface area contributed by atoms with Crippen molar-refractivity contribution in [1.29, 1.82) is 0 Å². The van der Waals surface area contributed by atoms with E-state index in [4.69, 9.17) is 10.5 Å². The van der Waals surface area contributed by atoms with E-state index in [1.54, 1.807) is 48.0 Å². The summed E-state index contributed by atoms with van der Waals surface area (Å²) in [5.74, 6) is 0.858. The summed E-state index contributed by atoms with van der Waals surface area (Å²) in [6, 6.07) is 10.4. The van der Waals surface area contributed by atoms with Gasteiger partial charge in [0, 0.05) is 18.5 Å². The lowest BCUT2D eigenvalue weighted by molar-refractivity contribution is -0.115. The second-order valence-electron chi connectivity index (χ2n) is 5.55. The molecule has 0 aliphatic carbocycles. The number of carbonyl (C=O) groups excluding carboxylic acids is 2. The zero-order chi connectivity index (χ0) is 19.2. The molecular formula is C17H18N6O3S. The third-order valence-electron chi connectivity index (χ3n) is 3.65. The van der Waals surface area contributed by atoms with Gasteiger partial charge in [0.25, 0.3) is 5.91 Å². The molecule has 2 heterocycles. The molecule has 0 aliphatic heterocycles. The summed E-state index contributed by atoms with van der Waals surface area (Å²) >= 11 is 1.24. The number of methoxy groups -OCH3 is 1. The predicted molar refractivity (Wildman–Crippen MR) is 99.7 cm³/mol. The average Bonchev–Trinajstić information content (AvgIpc) is 3.08. The number of amides is 2. The Morgan fingerprint density at radius 1 is 1.19 bits per heavy atom. The van der Waals surface area contributed by atoms with Crippen LogP contribution in [0.25, 0.3) is 5.65 Å². The minimum atomic E-state index is -0.410. The van der Waals surface area contributed by atoms with Crippen LogP contribution in [0.1, 0.15) is 16.2 Å². The highest BCUT2D eigenvalue weighted by molar-refractivity contribution is 7.99. The second-order valence-corrected chi connectivity index (χ2v) is 6.54. The highest BCUT2D eigenvalue weighted by Crippen LogP contribution is 2.15. The monoisotopic (exact) mass is 386 g/mol. The maximum Gasteiger partial charge on any atom is 0.251 e. The summed E-state index contributed by atoms with van der Waals surface area (Å²) in [7, 11) is 1.57. The van der Waals surface area contributed by atoms with E-state index in [-0.39, 0.29) is 11.7 Å². The van der Waals surface area contributed by atoms with E-state index in [2.05, 4.69) is 20.6 Å². The molecule has 0 aliphatic rings. The largest absolute Gasteiger partial charge is 0.497 e. The van der Waals surface area contributed by atoms with Gasteiger partial charge in [-0.1, -0.05) is 11.8 Å². The number of primary amides is 1. The Labute approximate surface area is 159 Å². The number of nitrogens with two attached hydrogens (primary N) is 1. The van der Waals surface area contributed by atoms with Crippen LogP contribution in [-0.4, -0.2) is 51.0 Å². The molecule has 27 heavy (non-hydrogen) atoms. The molecule has 0 radical (unpaired) electrons. The third kappa shape index (κ3) is 4.73. The fourth-order valence-electron chi connectivity index (χ4n) is 2.33. The molecular weight excluding hydrogens is 368 g/mol. The second kappa shape index (κ2) is 8.49. The number of carbonyl (C=O) groups is 2. The van der Waals surface area contributed by atoms with Gasteiger partial charge >= 0.3 is 0 Å². The number of nitrogens with one attached hydrogen (secondary N) is 1. The molecule has 0 bridgehead atoms. The molecule has 2 amide bonds. The number of ether oxygens (including phenoxy) is 1. The molecule has 3 aromatic rings. The van der Waals surface area contributed by atoms with E-state index in [1.807, 2.05) is 0 Å². The number of fused-ring (bicyclic) bond motifs is 1. The van der Waals surface area contributed by atoms with Gasteiger partial charge in [-0.25, -0.2) is 0 Å². The topological polar surface area (TPSA) is 124 Å². The number of aromatic nitrogens is 4. The zero-order valence-corrected chi connectivity index (χ0v) is 15.4. The first-order valence-corrected chi connectivity index (χ1v) is 9.10. The van der Waals surface area contributed by atoms with Gasteiger partial charge in [0.05, 0.1) is 12.9 Å². The van der Waals surface area contributed by atoms with Crippen molar-refractivity contribution >= 4 is 29.2 Å². The van der Waals surface area contributed by atoms with Crippen LogP contribution in [0.4, 0.5) is 0 Å². The smallest absolute Gasteiger partial charge is 0.251 e. The van der Waals surface area contributed by atoms with E-state index in [0.717, 1.165) is 0 Å². The SMILES string of the molecule is COc1ccc(C(=O)NCCc2nnc3ccc(SCC(N)=O)nn23)cc1. The molecule has 0 saturated carbocycles. The van der Waals surface area contributed by atoms with Gasteiger partial charge < -0.3 is 15.8 Å². The Kier molecular flexibility index (Phi) is 5.87. The number of rotatable bonds is 8. The molecule has 9 nitrogen and oxygen atoms in total. The fraction of sp³-hybridized carbons (Fsp3) is 0.235. The van der Waals surface area contributed by atoms with E-state index >= 15 is 0 Å². The quantitative estimate of drug-likeness (QED) is 0.546. The van der Waals surface area contributed by atoms with Gasteiger partial charge in [0.15, 0.2) is 11.5 Å². The molecule has 0 atom stereocenters. The van der Waals surface area contributed by atoms with Gasteiger partial charge in [-0.05, 0) is 36.4 Å². The first-order chi connectivity index (χ1) is 13.1. The normalized spacial score (nSPS) is 10.7. The maximum atomic E-state index is 12.2. The highest BCUT2D eigenvalue weighted by atomic mass is 32.2. The molecule has 0 unspecified atom stereocenters. The van der Waals surface area contributed by atoms with Crippen molar-refractivity contribution in [3.63, 3.8) is 0 Å². The van der Waals surface area contributed by atoms with Crippen LogP contribution in [0.3, 0.4) is 0 Å². The standard InChI is InChI=1S/C17H18N6O3S/c1-26-12-4-2-11(3-5-12)17(25)19-9-8-15-21-20-14-6-7-16(22-23(14)15)27-10-13(18)24/h2-7H,8-10H2,1H3,(H2,18,24)(H,19,25). The van der Waals surface area contributed by atoms with Crippen LogP contribution >= 0.6 is 11.8 Å². The number of benzene rings is 1. The summed E-state index contributed by atoms with van der Waals surface area (Å²) in [4.78, 5) is 23.1. The summed E-state index contributed by atoms with van der Waals surface area (Å²) in [6.45, 7) is 0.381. The number of hydrogen-bond acceptors (Lipinski definition) is 7. The summed E-state index contributed by atoms with van der Waals surface area (Å²) < 4.78 is 6.68. The molecule has 0 fully saturated rings. The van der Waals surface area contributed by atoms with Crippen molar-refractivity contribution in [2.45, 2.75) is 11.4 Å². The summed E-state index contributed by atoms with van der Waals surface area (Å²) in [5, 5.41) is 16.0. The van der Waals surface area contributed by atoms with Crippen LogP contribution in [0, 0.1) is 0 Å². The van der Waals surface area contributed by atoms with Crippen molar-refractivity contribution < 1.29 is 14.3 Å². The van der Waals surface area contributed by atoms with Crippen molar-refractivity contribution in [1.82, 2.24) is 25.1 Å².